The molecule has 1 aliphatic heterocycles. The highest BCUT2D eigenvalue weighted by Gasteiger charge is 2.10. The van der Waals surface area contributed by atoms with Crippen LogP contribution in [0.25, 0.3) is 11.1 Å². The van der Waals surface area contributed by atoms with Crippen molar-refractivity contribution < 1.29 is 4.74 Å². The molecule has 0 radical (unpaired) electrons. The Morgan fingerprint density at radius 2 is 2.18 bits per heavy atom. The number of methoxy groups -OCH3 is 1. The third-order valence-corrected chi connectivity index (χ3v) is 2.95. The SMILES string of the molecule is COc1ccncc1-c1ccc2c(c1)C=NC2. The maximum Gasteiger partial charge on any atom is 0.129 e. The van der Waals surface area contributed by atoms with Crippen LogP contribution in [0.2, 0.25) is 0 Å². The molecule has 0 fully saturated rings. The fourth-order valence-corrected chi connectivity index (χ4v) is 2.05. The summed E-state index contributed by atoms with van der Waals surface area (Å²) < 4.78 is 5.35. The molecule has 3 nitrogen and oxygen atoms in total. The molecule has 1 aromatic carbocycles. The van der Waals surface area contributed by atoms with Crippen LogP contribution < -0.4 is 4.74 Å². The normalized spacial score (nSPS) is 12.5. The van der Waals surface area contributed by atoms with Crippen LogP contribution in [-0.2, 0) is 6.54 Å². The van der Waals surface area contributed by atoms with E-state index in [0.29, 0.717) is 0 Å². The van der Waals surface area contributed by atoms with E-state index in [1.807, 2.05) is 18.5 Å². The highest BCUT2D eigenvalue weighted by molar-refractivity contribution is 5.87. The van der Waals surface area contributed by atoms with Gasteiger partial charge < -0.3 is 4.74 Å². The third kappa shape index (κ3) is 1.69. The van der Waals surface area contributed by atoms with E-state index in [-0.39, 0.29) is 0 Å². The molecule has 0 aliphatic carbocycles. The van der Waals surface area contributed by atoms with Gasteiger partial charge in [0.15, 0.2) is 0 Å². The second-order valence-corrected chi connectivity index (χ2v) is 3.96. The lowest BCUT2D eigenvalue weighted by molar-refractivity contribution is 0.416. The van der Waals surface area contributed by atoms with E-state index in [2.05, 4.69) is 28.2 Å². The van der Waals surface area contributed by atoms with Gasteiger partial charge in [-0.3, -0.25) is 9.98 Å². The number of benzene rings is 1. The van der Waals surface area contributed by atoms with Crippen molar-refractivity contribution in [2.45, 2.75) is 6.54 Å². The molecule has 2 heterocycles. The van der Waals surface area contributed by atoms with Gasteiger partial charge >= 0.3 is 0 Å². The minimum Gasteiger partial charge on any atom is -0.496 e. The lowest BCUT2D eigenvalue weighted by Gasteiger charge is -2.08. The first kappa shape index (κ1) is 10.0. The highest BCUT2D eigenvalue weighted by Crippen LogP contribution is 2.30. The summed E-state index contributed by atoms with van der Waals surface area (Å²) in [6.45, 7) is 0.791. The molecule has 17 heavy (non-hydrogen) atoms. The van der Waals surface area contributed by atoms with Crippen LogP contribution in [0, 0.1) is 0 Å². The molecule has 0 saturated heterocycles. The summed E-state index contributed by atoms with van der Waals surface area (Å²) >= 11 is 0. The van der Waals surface area contributed by atoms with E-state index in [9.17, 15) is 0 Å². The monoisotopic (exact) mass is 224 g/mol. The van der Waals surface area contributed by atoms with Crippen LogP contribution in [-0.4, -0.2) is 18.3 Å². The minimum atomic E-state index is 0.791. The second-order valence-electron chi connectivity index (χ2n) is 3.96. The molecule has 1 aromatic heterocycles. The summed E-state index contributed by atoms with van der Waals surface area (Å²) in [5.41, 5.74) is 4.59. The summed E-state index contributed by atoms with van der Waals surface area (Å²) in [5.74, 6) is 0.842. The Kier molecular flexibility index (Phi) is 2.37. The lowest BCUT2D eigenvalue weighted by atomic mass is 10.0. The van der Waals surface area contributed by atoms with Crippen molar-refractivity contribution in [3.05, 3.63) is 47.8 Å². The van der Waals surface area contributed by atoms with Gasteiger partial charge in [-0.15, -0.1) is 0 Å². The van der Waals surface area contributed by atoms with Crippen LogP contribution in [0.5, 0.6) is 5.75 Å². The molecule has 3 rings (SSSR count). The van der Waals surface area contributed by atoms with E-state index in [0.717, 1.165) is 23.4 Å². The summed E-state index contributed by atoms with van der Waals surface area (Å²) in [4.78, 5) is 8.41. The number of aromatic nitrogens is 1. The largest absolute Gasteiger partial charge is 0.496 e. The van der Waals surface area contributed by atoms with Gasteiger partial charge in [-0.1, -0.05) is 12.1 Å². The first-order valence-corrected chi connectivity index (χ1v) is 5.49. The van der Waals surface area contributed by atoms with Gasteiger partial charge in [0.2, 0.25) is 0 Å². The average molecular weight is 224 g/mol. The van der Waals surface area contributed by atoms with Gasteiger partial charge in [0.25, 0.3) is 0 Å². The number of hydrogen-bond acceptors (Lipinski definition) is 3. The number of pyridine rings is 1. The molecule has 0 spiro atoms. The van der Waals surface area contributed by atoms with Crippen molar-refractivity contribution in [3.63, 3.8) is 0 Å². The van der Waals surface area contributed by atoms with Crippen molar-refractivity contribution >= 4 is 6.21 Å². The Morgan fingerprint density at radius 1 is 1.24 bits per heavy atom. The molecule has 3 heteroatoms. The maximum absolute atomic E-state index is 5.35. The molecular weight excluding hydrogens is 212 g/mol. The number of ether oxygens (including phenoxy) is 1. The molecule has 0 bridgehead atoms. The smallest absolute Gasteiger partial charge is 0.129 e. The summed E-state index contributed by atoms with van der Waals surface area (Å²) in [6.07, 6.45) is 5.48. The Morgan fingerprint density at radius 3 is 3.06 bits per heavy atom. The number of rotatable bonds is 2. The summed E-state index contributed by atoms with van der Waals surface area (Å²) in [5, 5.41) is 0. The standard InChI is InChI=1S/C14H12N2O/c1-17-14-4-5-15-9-13(14)10-2-3-11-7-16-8-12(11)6-10/h2-6,8-9H,7H2,1H3. The zero-order valence-corrected chi connectivity index (χ0v) is 9.55. The lowest BCUT2D eigenvalue weighted by Crippen LogP contribution is -1.91. The topological polar surface area (TPSA) is 34.5 Å². The third-order valence-electron chi connectivity index (χ3n) is 2.95. The number of aliphatic imine (C=N–C) groups is 1. The van der Waals surface area contributed by atoms with Crippen molar-refractivity contribution in [2.75, 3.05) is 7.11 Å². The Hall–Kier alpha value is -2.16. The van der Waals surface area contributed by atoms with Crippen LogP contribution in [0.1, 0.15) is 11.1 Å². The van der Waals surface area contributed by atoms with Gasteiger partial charge in [0, 0.05) is 24.2 Å². The molecule has 0 amide bonds. The number of fused-ring (bicyclic) bond motifs is 1. The predicted octanol–water partition coefficient (Wildman–Crippen LogP) is 2.69. The average Bonchev–Trinajstić information content (AvgIpc) is 2.85. The summed E-state index contributed by atoms with van der Waals surface area (Å²) in [7, 11) is 1.67. The maximum atomic E-state index is 5.35. The first-order valence-electron chi connectivity index (χ1n) is 5.49. The van der Waals surface area contributed by atoms with E-state index < -0.39 is 0 Å². The fraction of sp³-hybridized carbons (Fsp3) is 0.143. The van der Waals surface area contributed by atoms with Crippen molar-refractivity contribution in [2.24, 2.45) is 4.99 Å². The molecule has 84 valence electrons. The van der Waals surface area contributed by atoms with Crippen LogP contribution in [0.3, 0.4) is 0 Å². The van der Waals surface area contributed by atoms with E-state index in [1.54, 1.807) is 13.3 Å². The minimum absolute atomic E-state index is 0.791. The van der Waals surface area contributed by atoms with E-state index in [1.165, 1.54) is 11.1 Å². The molecule has 0 N–H and O–H groups in total. The molecule has 2 aromatic rings. The number of nitrogens with zero attached hydrogens (tertiary/aromatic N) is 2. The van der Waals surface area contributed by atoms with Gasteiger partial charge in [-0.2, -0.15) is 0 Å². The van der Waals surface area contributed by atoms with Gasteiger partial charge in [-0.25, -0.2) is 0 Å². The van der Waals surface area contributed by atoms with Crippen LogP contribution >= 0.6 is 0 Å². The molecule has 0 unspecified atom stereocenters. The quantitative estimate of drug-likeness (QED) is 0.786. The zero-order chi connectivity index (χ0) is 11.7. The van der Waals surface area contributed by atoms with Crippen molar-refractivity contribution in [1.82, 2.24) is 4.98 Å². The molecular formula is C14H12N2O. The molecule has 0 atom stereocenters. The fourth-order valence-electron chi connectivity index (χ4n) is 2.05. The van der Waals surface area contributed by atoms with E-state index >= 15 is 0 Å². The van der Waals surface area contributed by atoms with Gasteiger partial charge in [-0.05, 0) is 28.8 Å². The van der Waals surface area contributed by atoms with Gasteiger partial charge in [0.1, 0.15) is 5.75 Å². The van der Waals surface area contributed by atoms with E-state index in [4.69, 9.17) is 4.74 Å². The Bertz CT molecular complexity index is 591. The van der Waals surface area contributed by atoms with Crippen molar-refractivity contribution in [1.29, 1.82) is 0 Å². The first-order chi connectivity index (χ1) is 8.38. The van der Waals surface area contributed by atoms with Gasteiger partial charge in [0.05, 0.1) is 13.7 Å². The Labute approximate surface area is 99.8 Å². The number of hydrogen-bond donors (Lipinski definition) is 0. The second kappa shape index (κ2) is 4.01. The van der Waals surface area contributed by atoms with Crippen LogP contribution in [0.4, 0.5) is 0 Å². The molecule has 0 saturated carbocycles. The van der Waals surface area contributed by atoms with Crippen LogP contribution in [0.15, 0.2) is 41.7 Å². The Balaban J connectivity index is 2.12. The van der Waals surface area contributed by atoms with Crippen molar-refractivity contribution in [3.8, 4) is 16.9 Å². The highest BCUT2D eigenvalue weighted by atomic mass is 16.5. The molecule has 1 aliphatic rings. The predicted molar refractivity (Wildman–Crippen MR) is 67.5 cm³/mol. The zero-order valence-electron chi connectivity index (χ0n) is 9.55. The summed E-state index contributed by atoms with van der Waals surface area (Å²) in [6, 6.07) is 8.21.